The van der Waals surface area contributed by atoms with E-state index in [-0.39, 0.29) is 0 Å². The van der Waals surface area contributed by atoms with Gasteiger partial charge in [0.25, 0.3) is 0 Å². The fraction of sp³-hybridized carbons (Fsp3) is 0.375. The summed E-state index contributed by atoms with van der Waals surface area (Å²) in [6.07, 6.45) is 0. The molecule has 2 aromatic rings. The minimum Gasteiger partial charge on any atom is -0.0683 e. The van der Waals surface area contributed by atoms with Gasteiger partial charge in [-0.25, -0.2) is 0 Å². The van der Waals surface area contributed by atoms with Crippen LogP contribution in [0.25, 0.3) is 10.8 Å². The Balaban J connectivity index is 0.000000509. The third kappa shape index (κ3) is 3.37. The van der Waals surface area contributed by atoms with E-state index in [4.69, 9.17) is 0 Å². The molecule has 16 heavy (non-hydrogen) atoms. The Morgan fingerprint density at radius 2 is 1.00 bits per heavy atom. The van der Waals surface area contributed by atoms with Gasteiger partial charge in [0, 0.05) is 0 Å². The SMILES string of the molecule is CC.CC.Cc1cccc2cccc(C)c12. The van der Waals surface area contributed by atoms with Crippen LogP contribution >= 0.6 is 0 Å². The van der Waals surface area contributed by atoms with Crippen LogP contribution in [-0.4, -0.2) is 0 Å². The highest BCUT2D eigenvalue weighted by atomic mass is 14.0. The first-order valence-corrected chi connectivity index (χ1v) is 6.24. The predicted molar refractivity (Wildman–Crippen MR) is 76.1 cm³/mol. The molecule has 0 atom stereocenters. The van der Waals surface area contributed by atoms with E-state index in [0.29, 0.717) is 0 Å². The second-order valence-corrected chi connectivity index (χ2v) is 3.25. The fourth-order valence-electron chi connectivity index (χ4n) is 1.75. The Morgan fingerprint density at radius 3 is 1.31 bits per heavy atom. The summed E-state index contributed by atoms with van der Waals surface area (Å²) in [7, 11) is 0. The van der Waals surface area contributed by atoms with Crippen molar-refractivity contribution in [3.05, 3.63) is 47.5 Å². The molecule has 0 fully saturated rings. The molecular formula is C16H24. The van der Waals surface area contributed by atoms with Gasteiger partial charge in [0.2, 0.25) is 0 Å². The summed E-state index contributed by atoms with van der Waals surface area (Å²) < 4.78 is 0. The monoisotopic (exact) mass is 216 g/mol. The van der Waals surface area contributed by atoms with E-state index >= 15 is 0 Å². The molecular weight excluding hydrogens is 192 g/mol. The van der Waals surface area contributed by atoms with Crippen LogP contribution in [0.2, 0.25) is 0 Å². The van der Waals surface area contributed by atoms with Gasteiger partial charge in [-0.2, -0.15) is 0 Å². The first-order valence-electron chi connectivity index (χ1n) is 6.24. The zero-order valence-corrected chi connectivity index (χ0v) is 11.5. The Bertz CT molecular complexity index is 377. The lowest BCUT2D eigenvalue weighted by atomic mass is 10.0. The normalized spacial score (nSPS) is 8.62. The zero-order valence-electron chi connectivity index (χ0n) is 11.5. The first kappa shape index (κ1) is 14.7. The van der Waals surface area contributed by atoms with Crippen molar-refractivity contribution in [2.24, 2.45) is 0 Å². The molecule has 0 saturated heterocycles. The molecule has 0 saturated carbocycles. The van der Waals surface area contributed by atoms with Crippen LogP contribution in [0.1, 0.15) is 38.8 Å². The average molecular weight is 216 g/mol. The van der Waals surface area contributed by atoms with E-state index in [1.165, 1.54) is 21.9 Å². The smallest absolute Gasteiger partial charge is 0.0125 e. The van der Waals surface area contributed by atoms with Crippen LogP contribution in [0.3, 0.4) is 0 Å². The van der Waals surface area contributed by atoms with E-state index < -0.39 is 0 Å². The van der Waals surface area contributed by atoms with E-state index in [1.807, 2.05) is 27.7 Å². The predicted octanol–water partition coefficient (Wildman–Crippen LogP) is 5.51. The molecule has 2 aromatic carbocycles. The number of rotatable bonds is 0. The summed E-state index contributed by atoms with van der Waals surface area (Å²) in [6, 6.07) is 12.9. The molecule has 0 unspecified atom stereocenters. The maximum atomic E-state index is 2.16. The third-order valence-electron chi connectivity index (χ3n) is 2.32. The molecule has 0 aliphatic heterocycles. The van der Waals surface area contributed by atoms with E-state index in [0.717, 1.165) is 0 Å². The summed E-state index contributed by atoms with van der Waals surface area (Å²) in [5, 5.41) is 2.75. The Kier molecular flexibility index (Phi) is 7.28. The fourth-order valence-corrected chi connectivity index (χ4v) is 1.75. The van der Waals surface area contributed by atoms with Gasteiger partial charge in [0.15, 0.2) is 0 Å². The Hall–Kier alpha value is -1.30. The summed E-state index contributed by atoms with van der Waals surface area (Å²) >= 11 is 0. The third-order valence-corrected chi connectivity index (χ3v) is 2.32. The number of hydrogen-bond donors (Lipinski definition) is 0. The molecule has 0 amide bonds. The molecule has 0 heteroatoms. The molecule has 0 aromatic heterocycles. The molecule has 0 N–H and O–H groups in total. The standard InChI is InChI=1S/C12H12.2C2H6/c1-9-5-3-7-11-8-4-6-10(2)12(9)11;2*1-2/h3-8H,1-2H3;2*1-2H3. The number of benzene rings is 2. The molecule has 88 valence electrons. The highest BCUT2D eigenvalue weighted by Gasteiger charge is 1.97. The molecule has 0 aliphatic rings. The molecule has 2 rings (SSSR count). The van der Waals surface area contributed by atoms with Crippen LogP contribution in [-0.2, 0) is 0 Å². The summed E-state index contributed by atoms with van der Waals surface area (Å²) in [4.78, 5) is 0. The van der Waals surface area contributed by atoms with E-state index in [1.54, 1.807) is 0 Å². The zero-order chi connectivity index (χ0) is 12.6. The highest BCUT2D eigenvalue weighted by molar-refractivity contribution is 5.88. The van der Waals surface area contributed by atoms with Gasteiger partial charge in [-0.1, -0.05) is 64.1 Å². The lowest BCUT2D eigenvalue weighted by molar-refractivity contribution is 1.46. The van der Waals surface area contributed by atoms with Gasteiger partial charge in [-0.05, 0) is 35.7 Å². The number of hydrogen-bond acceptors (Lipinski definition) is 0. The largest absolute Gasteiger partial charge is 0.0683 e. The van der Waals surface area contributed by atoms with Crippen LogP contribution in [0.5, 0.6) is 0 Å². The van der Waals surface area contributed by atoms with Gasteiger partial charge in [-0.15, -0.1) is 0 Å². The lowest BCUT2D eigenvalue weighted by Gasteiger charge is -2.04. The molecule has 0 radical (unpaired) electrons. The molecule has 0 aliphatic carbocycles. The minimum absolute atomic E-state index is 1.34. The Morgan fingerprint density at radius 1 is 0.625 bits per heavy atom. The number of fused-ring (bicyclic) bond motifs is 1. The highest BCUT2D eigenvalue weighted by Crippen LogP contribution is 2.21. The van der Waals surface area contributed by atoms with Crippen LogP contribution in [0.4, 0.5) is 0 Å². The maximum Gasteiger partial charge on any atom is -0.0125 e. The van der Waals surface area contributed by atoms with Crippen LogP contribution in [0.15, 0.2) is 36.4 Å². The van der Waals surface area contributed by atoms with Gasteiger partial charge in [0.05, 0.1) is 0 Å². The first-order chi connectivity index (χ1) is 7.79. The second kappa shape index (κ2) is 7.92. The Labute approximate surface area is 100 Å². The topological polar surface area (TPSA) is 0 Å². The van der Waals surface area contributed by atoms with E-state index in [2.05, 4.69) is 50.2 Å². The summed E-state index contributed by atoms with van der Waals surface area (Å²) in [6.45, 7) is 12.3. The van der Waals surface area contributed by atoms with Crippen LogP contribution < -0.4 is 0 Å². The average Bonchev–Trinajstić information content (AvgIpc) is 2.34. The summed E-state index contributed by atoms with van der Waals surface area (Å²) in [5.41, 5.74) is 2.73. The van der Waals surface area contributed by atoms with Crippen molar-refractivity contribution in [1.29, 1.82) is 0 Å². The quantitative estimate of drug-likeness (QED) is 0.544. The maximum absolute atomic E-state index is 2.16. The van der Waals surface area contributed by atoms with Gasteiger partial charge < -0.3 is 0 Å². The minimum atomic E-state index is 1.34. The van der Waals surface area contributed by atoms with Crippen molar-refractivity contribution in [3.63, 3.8) is 0 Å². The molecule has 0 spiro atoms. The van der Waals surface area contributed by atoms with Crippen molar-refractivity contribution in [2.75, 3.05) is 0 Å². The van der Waals surface area contributed by atoms with Gasteiger partial charge >= 0.3 is 0 Å². The van der Waals surface area contributed by atoms with Gasteiger partial charge in [0.1, 0.15) is 0 Å². The second-order valence-electron chi connectivity index (χ2n) is 3.25. The lowest BCUT2D eigenvalue weighted by Crippen LogP contribution is -1.81. The van der Waals surface area contributed by atoms with Gasteiger partial charge in [-0.3, -0.25) is 0 Å². The molecule has 0 bridgehead atoms. The van der Waals surface area contributed by atoms with Crippen molar-refractivity contribution >= 4 is 10.8 Å². The summed E-state index contributed by atoms with van der Waals surface area (Å²) in [5.74, 6) is 0. The van der Waals surface area contributed by atoms with Crippen molar-refractivity contribution in [1.82, 2.24) is 0 Å². The van der Waals surface area contributed by atoms with Crippen LogP contribution in [0, 0.1) is 13.8 Å². The molecule has 0 heterocycles. The van der Waals surface area contributed by atoms with Crippen molar-refractivity contribution in [3.8, 4) is 0 Å². The number of aryl methyl sites for hydroxylation is 2. The van der Waals surface area contributed by atoms with Crippen molar-refractivity contribution in [2.45, 2.75) is 41.5 Å². The van der Waals surface area contributed by atoms with Crippen molar-refractivity contribution < 1.29 is 0 Å². The molecule has 0 nitrogen and oxygen atoms in total. The van der Waals surface area contributed by atoms with E-state index in [9.17, 15) is 0 Å².